The van der Waals surface area contributed by atoms with Crippen LogP contribution in [0, 0.1) is 11.3 Å². The highest BCUT2D eigenvalue weighted by molar-refractivity contribution is 6.32. The summed E-state index contributed by atoms with van der Waals surface area (Å²) in [6.45, 7) is 5.26. The summed E-state index contributed by atoms with van der Waals surface area (Å²) < 4.78 is 5.24. The molecule has 0 aliphatic heterocycles. The van der Waals surface area contributed by atoms with Gasteiger partial charge in [-0.2, -0.15) is 0 Å². The predicted octanol–water partition coefficient (Wildman–Crippen LogP) is 3.05. The fourth-order valence-corrected chi connectivity index (χ4v) is 2.91. The maximum absolute atomic E-state index is 6.01. The molecule has 3 heteroatoms. The molecule has 2 nitrogen and oxygen atoms in total. The van der Waals surface area contributed by atoms with Crippen molar-refractivity contribution >= 4 is 11.6 Å². The van der Waals surface area contributed by atoms with Gasteiger partial charge in [0.15, 0.2) is 0 Å². The summed E-state index contributed by atoms with van der Waals surface area (Å²) >= 11 is 6.01. The lowest BCUT2D eigenvalue weighted by atomic mass is 10.0. The lowest BCUT2D eigenvalue weighted by Crippen LogP contribution is -2.05. The Morgan fingerprint density at radius 3 is 2.62 bits per heavy atom. The SMILES string of the molecule is COc1cc([C@H]2[C@H](CN)C2(C)C)ccc1Cl. The molecule has 0 aromatic heterocycles. The largest absolute Gasteiger partial charge is 0.495 e. The van der Waals surface area contributed by atoms with Crippen LogP contribution in [0.1, 0.15) is 25.3 Å². The van der Waals surface area contributed by atoms with E-state index in [1.807, 2.05) is 12.1 Å². The summed E-state index contributed by atoms with van der Waals surface area (Å²) in [4.78, 5) is 0. The van der Waals surface area contributed by atoms with Gasteiger partial charge in [0.25, 0.3) is 0 Å². The Hall–Kier alpha value is -0.730. The standard InChI is InChI=1S/C13H18ClNO/c1-13(2)9(7-15)12(13)8-4-5-10(14)11(6-8)16-3/h4-6,9,12H,7,15H2,1-3H3/t9-,12-/m0/s1. The Bertz CT molecular complexity index is 403. The molecule has 1 saturated carbocycles. The topological polar surface area (TPSA) is 35.2 Å². The van der Waals surface area contributed by atoms with E-state index in [0.29, 0.717) is 22.3 Å². The minimum absolute atomic E-state index is 0.299. The Morgan fingerprint density at radius 1 is 1.44 bits per heavy atom. The molecule has 1 aliphatic rings. The molecule has 1 aromatic carbocycles. The summed E-state index contributed by atoms with van der Waals surface area (Å²) in [5.41, 5.74) is 7.36. The van der Waals surface area contributed by atoms with Gasteiger partial charge < -0.3 is 10.5 Å². The molecule has 1 aromatic rings. The Morgan fingerprint density at radius 2 is 2.12 bits per heavy atom. The zero-order valence-electron chi connectivity index (χ0n) is 9.96. The van der Waals surface area contributed by atoms with Gasteiger partial charge in [-0.1, -0.05) is 31.5 Å². The maximum atomic E-state index is 6.01. The molecular weight excluding hydrogens is 222 g/mol. The van der Waals surface area contributed by atoms with Gasteiger partial charge >= 0.3 is 0 Å². The van der Waals surface area contributed by atoms with E-state index in [1.165, 1.54) is 5.56 Å². The van der Waals surface area contributed by atoms with Gasteiger partial charge in [0.1, 0.15) is 5.75 Å². The smallest absolute Gasteiger partial charge is 0.137 e. The molecule has 0 amide bonds. The van der Waals surface area contributed by atoms with E-state index in [-0.39, 0.29) is 0 Å². The first-order chi connectivity index (χ1) is 7.52. The average molecular weight is 240 g/mol. The number of methoxy groups -OCH3 is 1. The van der Waals surface area contributed by atoms with E-state index in [9.17, 15) is 0 Å². The zero-order chi connectivity index (χ0) is 11.9. The molecule has 0 radical (unpaired) electrons. The molecule has 0 spiro atoms. The Labute approximate surface area is 102 Å². The number of ether oxygens (including phenoxy) is 1. The first kappa shape index (κ1) is 11.7. The molecule has 2 rings (SSSR count). The highest BCUT2D eigenvalue weighted by Crippen LogP contribution is 2.64. The second kappa shape index (κ2) is 3.94. The Balaban J connectivity index is 2.30. The first-order valence-corrected chi connectivity index (χ1v) is 5.93. The predicted molar refractivity (Wildman–Crippen MR) is 67.1 cm³/mol. The fourth-order valence-electron chi connectivity index (χ4n) is 2.72. The zero-order valence-corrected chi connectivity index (χ0v) is 10.7. The van der Waals surface area contributed by atoms with Crippen molar-refractivity contribution in [1.82, 2.24) is 0 Å². The minimum atomic E-state index is 0.299. The van der Waals surface area contributed by atoms with Crippen molar-refractivity contribution in [2.75, 3.05) is 13.7 Å². The molecule has 88 valence electrons. The van der Waals surface area contributed by atoms with Crippen LogP contribution in [0.3, 0.4) is 0 Å². The molecule has 16 heavy (non-hydrogen) atoms. The van der Waals surface area contributed by atoms with Gasteiger partial charge in [-0.3, -0.25) is 0 Å². The van der Waals surface area contributed by atoms with Crippen molar-refractivity contribution in [2.45, 2.75) is 19.8 Å². The molecule has 2 atom stereocenters. The van der Waals surface area contributed by atoms with Crippen LogP contribution in [0.15, 0.2) is 18.2 Å². The van der Waals surface area contributed by atoms with Gasteiger partial charge in [-0.15, -0.1) is 0 Å². The monoisotopic (exact) mass is 239 g/mol. The van der Waals surface area contributed by atoms with Crippen molar-refractivity contribution in [1.29, 1.82) is 0 Å². The summed E-state index contributed by atoms with van der Waals surface area (Å²) in [6.07, 6.45) is 0. The highest BCUT2D eigenvalue weighted by atomic mass is 35.5. The fraction of sp³-hybridized carbons (Fsp3) is 0.538. The molecule has 1 fully saturated rings. The molecule has 0 heterocycles. The molecule has 0 unspecified atom stereocenters. The molecular formula is C13H18ClNO. The van der Waals surface area contributed by atoms with E-state index in [1.54, 1.807) is 7.11 Å². The van der Waals surface area contributed by atoms with Crippen LogP contribution in [-0.2, 0) is 0 Å². The molecule has 0 saturated heterocycles. The quantitative estimate of drug-likeness (QED) is 0.880. The van der Waals surface area contributed by atoms with E-state index >= 15 is 0 Å². The van der Waals surface area contributed by atoms with E-state index < -0.39 is 0 Å². The van der Waals surface area contributed by atoms with Crippen LogP contribution in [0.5, 0.6) is 5.75 Å². The summed E-state index contributed by atoms with van der Waals surface area (Å²) in [5.74, 6) is 1.85. The average Bonchev–Trinajstić information content (AvgIpc) is 2.81. The normalized spacial score (nSPS) is 26.6. The van der Waals surface area contributed by atoms with Crippen LogP contribution in [0.25, 0.3) is 0 Å². The Kier molecular flexibility index (Phi) is 2.89. The number of rotatable bonds is 3. The third kappa shape index (κ3) is 1.70. The van der Waals surface area contributed by atoms with Gasteiger partial charge in [0.2, 0.25) is 0 Å². The van der Waals surface area contributed by atoms with Gasteiger partial charge in [-0.05, 0) is 41.5 Å². The van der Waals surface area contributed by atoms with E-state index in [4.69, 9.17) is 22.1 Å². The second-order valence-corrected chi connectivity index (χ2v) is 5.44. The lowest BCUT2D eigenvalue weighted by molar-refractivity contribution is 0.414. The van der Waals surface area contributed by atoms with Gasteiger partial charge in [-0.25, -0.2) is 0 Å². The lowest BCUT2D eigenvalue weighted by Gasteiger charge is -2.07. The van der Waals surface area contributed by atoms with Gasteiger partial charge in [0.05, 0.1) is 12.1 Å². The summed E-state index contributed by atoms with van der Waals surface area (Å²) in [5, 5.41) is 0.661. The van der Waals surface area contributed by atoms with Crippen LogP contribution in [0.2, 0.25) is 5.02 Å². The number of halogens is 1. The van der Waals surface area contributed by atoms with Crippen molar-refractivity contribution < 1.29 is 4.74 Å². The van der Waals surface area contributed by atoms with Gasteiger partial charge in [0, 0.05) is 0 Å². The van der Waals surface area contributed by atoms with Crippen molar-refractivity contribution in [3.05, 3.63) is 28.8 Å². The van der Waals surface area contributed by atoms with Crippen molar-refractivity contribution in [3.8, 4) is 5.75 Å². The summed E-state index contributed by atoms with van der Waals surface area (Å²) in [6, 6.07) is 6.01. The number of hydrogen-bond donors (Lipinski definition) is 1. The second-order valence-electron chi connectivity index (χ2n) is 5.04. The molecule has 0 bridgehead atoms. The van der Waals surface area contributed by atoms with Crippen molar-refractivity contribution in [2.24, 2.45) is 17.1 Å². The minimum Gasteiger partial charge on any atom is -0.495 e. The van der Waals surface area contributed by atoms with Crippen LogP contribution in [-0.4, -0.2) is 13.7 Å². The number of hydrogen-bond acceptors (Lipinski definition) is 2. The van der Waals surface area contributed by atoms with Crippen molar-refractivity contribution in [3.63, 3.8) is 0 Å². The van der Waals surface area contributed by atoms with Crippen LogP contribution in [0.4, 0.5) is 0 Å². The number of nitrogens with two attached hydrogens (primary N) is 1. The molecule has 2 N–H and O–H groups in total. The third-order valence-corrected chi connectivity index (χ3v) is 4.15. The molecule has 1 aliphatic carbocycles. The van der Waals surface area contributed by atoms with E-state index in [2.05, 4.69) is 19.9 Å². The van der Waals surface area contributed by atoms with Crippen LogP contribution < -0.4 is 10.5 Å². The highest BCUT2D eigenvalue weighted by Gasteiger charge is 2.57. The third-order valence-electron chi connectivity index (χ3n) is 3.84. The first-order valence-electron chi connectivity index (χ1n) is 5.56. The number of benzene rings is 1. The maximum Gasteiger partial charge on any atom is 0.137 e. The summed E-state index contributed by atoms with van der Waals surface area (Å²) in [7, 11) is 1.64. The van der Waals surface area contributed by atoms with E-state index in [0.717, 1.165) is 12.3 Å². The van der Waals surface area contributed by atoms with Crippen LogP contribution >= 0.6 is 11.6 Å².